The summed E-state index contributed by atoms with van der Waals surface area (Å²) in [5.41, 5.74) is 8.54. The predicted molar refractivity (Wildman–Crippen MR) is 86.4 cm³/mol. The van der Waals surface area contributed by atoms with Gasteiger partial charge in [-0.3, -0.25) is 0 Å². The maximum absolute atomic E-state index is 2.35. The maximum Gasteiger partial charge on any atom is 0.00736 e. The van der Waals surface area contributed by atoms with Crippen molar-refractivity contribution in [2.45, 2.75) is 26.7 Å². The average Bonchev–Trinajstić information content (AvgIpc) is 2.73. The largest absolute Gasteiger partial charge is 0.0613 e. The summed E-state index contributed by atoms with van der Waals surface area (Å²) in [5.74, 6) is 0.504. The fourth-order valence-electron chi connectivity index (χ4n) is 3.63. The van der Waals surface area contributed by atoms with Crippen LogP contribution in [0.2, 0.25) is 0 Å². The third-order valence-electron chi connectivity index (χ3n) is 4.72. The highest BCUT2D eigenvalue weighted by molar-refractivity contribution is 6.02. The Morgan fingerprint density at radius 2 is 1.65 bits per heavy atom. The quantitative estimate of drug-likeness (QED) is 0.493. The number of hydrogen-bond donors (Lipinski definition) is 0. The van der Waals surface area contributed by atoms with Crippen LogP contribution in [0, 0.1) is 13.8 Å². The smallest absolute Gasteiger partial charge is 0.00736 e. The molecule has 3 aromatic rings. The van der Waals surface area contributed by atoms with Crippen molar-refractivity contribution in [3.63, 3.8) is 0 Å². The second-order valence-corrected chi connectivity index (χ2v) is 6.01. The highest BCUT2D eigenvalue weighted by Crippen LogP contribution is 2.48. The molecule has 1 aliphatic rings. The molecular weight excluding hydrogens is 240 g/mol. The molecule has 0 nitrogen and oxygen atoms in total. The highest BCUT2D eigenvalue weighted by atomic mass is 14.3. The zero-order valence-electron chi connectivity index (χ0n) is 12.2. The fraction of sp³-hybridized carbons (Fsp3) is 0.200. The van der Waals surface area contributed by atoms with Gasteiger partial charge >= 0.3 is 0 Å². The molecule has 0 radical (unpaired) electrons. The summed E-state index contributed by atoms with van der Waals surface area (Å²) in [4.78, 5) is 0. The van der Waals surface area contributed by atoms with Crippen molar-refractivity contribution in [3.05, 3.63) is 70.8 Å². The van der Waals surface area contributed by atoms with Crippen molar-refractivity contribution >= 4 is 10.8 Å². The van der Waals surface area contributed by atoms with Crippen LogP contribution in [-0.2, 0) is 0 Å². The van der Waals surface area contributed by atoms with Crippen molar-refractivity contribution in [3.8, 4) is 11.1 Å². The van der Waals surface area contributed by atoms with E-state index in [1.54, 1.807) is 0 Å². The number of benzene rings is 3. The standard InChI is InChI=1S/C20H18/c1-12-7-8-18-19(11-12)14(3)16-10-9-15-13(2)5-4-6-17(15)20(16)18/h4-11,14H,1-3H3. The summed E-state index contributed by atoms with van der Waals surface area (Å²) in [5, 5.41) is 2.78. The van der Waals surface area contributed by atoms with Crippen molar-refractivity contribution in [1.29, 1.82) is 0 Å². The highest BCUT2D eigenvalue weighted by Gasteiger charge is 2.26. The van der Waals surface area contributed by atoms with Gasteiger partial charge in [0.25, 0.3) is 0 Å². The van der Waals surface area contributed by atoms with Crippen LogP contribution in [0.1, 0.15) is 35.1 Å². The van der Waals surface area contributed by atoms with E-state index in [-0.39, 0.29) is 0 Å². The van der Waals surface area contributed by atoms with Crippen molar-refractivity contribution in [2.75, 3.05) is 0 Å². The minimum absolute atomic E-state index is 0.504. The topological polar surface area (TPSA) is 0 Å². The van der Waals surface area contributed by atoms with Crippen molar-refractivity contribution in [1.82, 2.24) is 0 Å². The van der Waals surface area contributed by atoms with Gasteiger partial charge in [-0.15, -0.1) is 0 Å². The Hall–Kier alpha value is -2.08. The Balaban J connectivity index is 2.16. The molecule has 4 rings (SSSR count). The molecule has 0 N–H and O–H groups in total. The second kappa shape index (κ2) is 3.96. The lowest BCUT2D eigenvalue weighted by Gasteiger charge is -2.10. The molecule has 0 saturated heterocycles. The number of fused-ring (bicyclic) bond motifs is 5. The molecule has 0 spiro atoms. The molecular formula is C20H18. The van der Waals surface area contributed by atoms with E-state index in [9.17, 15) is 0 Å². The molecule has 1 aliphatic carbocycles. The van der Waals surface area contributed by atoms with E-state index < -0.39 is 0 Å². The lowest BCUT2D eigenvalue weighted by atomic mass is 9.94. The Morgan fingerprint density at radius 3 is 2.50 bits per heavy atom. The molecule has 0 fully saturated rings. The molecule has 3 aromatic carbocycles. The normalized spacial score (nSPS) is 16.2. The van der Waals surface area contributed by atoms with Gasteiger partial charge in [-0.1, -0.05) is 61.0 Å². The average molecular weight is 258 g/mol. The lowest BCUT2D eigenvalue weighted by Crippen LogP contribution is -1.90. The summed E-state index contributed by atoms with van der Waals surface area (Å²) in [6.07, 6.45) is 0. The summed E-state index contributed by atoms with van der Waals surface area (Å²) < 4.78 is 0. The summed E-state index contributed by atoms with van der Waals surface area (Å²) >= 11 is 0. The molecule has 1 atom stereocenters. The number of rotatable bonds is 0. The van der Waals surface area contributed by atoms with E-state index >= 15 is 0 Å². The minimum Gasteiger partial charge on any atom is -0.0613 e. The third kappa shape index (κ3) is 1.42. The SMILES string of the molecule is Cc1ccc2c(c1)C(C)c1ccc3c(C)cccc3c1-2. The predicted octanol–water partition coefficient (Wildman–Crippen LogP) is 5.59. The van der Waals surface area contributed by atoms with Crippen LogP contribution >= 0.6 is 0 Å². The van der Waals surface area contributed by atoms with Crippen LogP contribution in [0.5, 0.6) is 0 Å². The van der Waals surface area contributed by atoms with E-state index in [2.05, 4.69) is 69.3 Å². The van der Waals surface area contributed by atoms with E-state index in [0.717, 1.165) is 0 Å². The monoisotopic (exact) mass is 258 g/mol. The van der Waals surface area contributed by atoms with E-state index in [4.69, 9.17) is 0 Å². The van der Waals surface area contributed by atoms with E-state index in [1.165, 1.54) is 44.2 Å². The van der Waals surface area contributed by atoms with Crippen LogP contribution in [0.4, 0.5) is 0 Å². The zero-order valence-corrected chi connectivity index (χ0v) is 12.2. The minimum atomic E-state index is 0.504. The molecule has 1 unspecified atom stereocenters. The number of aryl methyl sites for hydroxylation is 2. The van der Waals surface area contributed by atoms with Gasteiger partial charge in [-0.05, 0) is 52.4 Å². The molecule has 0 saturated carbocycles. The van der Waals surface area contributed by atoms with Gasteiger partial charge in [0.1, 0.15) is 0 Å². The fourth-order valence-corrected chi connectivity index (χ4v) is 3.63. The van der Waals surface area contributed by atoms with E-state index in [1.807, 2.05) is 0 Å². The first-order valence-corrected chi connectivity index (χ1v) is 7.30. The Morgan fingerprint density at radius 1 is 0.800 bits per heavy atom. The third-order valence-corrected chi connectivity index (χ3v) is 4.72. The Labute approximate surface area is 120 Å². The molecule has 0 amide bonds. The van der Waals surface area contributed by atoms with Gasteiger partial charge < -0.3 is 0 Å². The molecule has 0 bridgehead atoms. The first-order chi connectivity index (χ1) is 9.66. The molecule has 20 heavy (non-hydrogen) atoms. The molecule has 0 aromatic heterocycles. The number of hydrogen-bond acceptors (Lipinski definition) is 0. The summed E-state index contributed by atoms with van der Waals surface area (Å²) in [7, 11) is 0. The molecule has 0 heterocycles. The zero-order chi connectivity index (χ0) is 13.9. The van der Waals surface area contributed by atoms with Crippen molar-refractivity contribution in [2.24, 2.45) is 0 Å². The molecule has 0 heteroatoms. The second-order valence-electron chi connectivity index (χ2n) is 6.01. The maximum atomic E-state index is 2.35. The lowest BCUT2D eigenvalue weighted by molar-refractivity contribution is 0.955. The van der Waals surface area contributed by atoms with Gasteiger partial charge in [0, 0.05) is 5.92 Å². The van der Waals surface area contributed by atoms with Crippen LogP contribution in [0.15, 0.2) is 48.5 Å². The van der Waals surface area contributed by atoms with Crippen LogP contribution < -0.4 is 0 Å². The van der Waals surface area contributed by atoms with Gasteiger partial charge in [0.15, 0.2) is 0 Å². The van der Waals surface area contributed by atoms with Crippen molar-refractivity contribution < 1.29 is 0 Å². The molecule has 0 aliphatic heterocycles. The van der Waals surface area contributed by atoms with Gasteiger partial charge in [-0.25, -0.2) is 0 Å². The van der Waals surface area contributed by atoms with Gasteiger partial charge in [0.2, 0.25) is 0 Å². The van der Waals surface area contributed by atoms with Crippen LogP contribution in [-0.4, -0.2) is 0 Å². The first-order valence-electron chi connectivity index (χ1n) is 7.30. The van der Waals surface area contributed by atoms with Crippen LogP contribution in [0.3, 0.4) is 0 Å². The summed E-state index contributed by atoms with van der Waals surface area (Å²) in [6.45, 7) is 6.70. The first kappa shape index (κ1) is 11.7. The van der Waals surface area contributed by atoms with E-state index in [0.29, 0.717) is 5.92 Å². The molecule has 98 valence electrons. The van der Waals surface area contributed by atoms with Crippen LogP contribution in [0.25, 0.3) is 21.9 Å². The Kier molecular flexibility index (Phi) is 2.32. The summed E-state index contributed by atoms with van der Waals surface area (Å²) in [6, 6.07) is 18.1. The van der Waals surface area contributed by atoms with Gasteiger partial charge in [0.05, 0.1) is 0 Å². The Bertz CT molecular complexity index is 840. The van der Waals surface area contributed by atoms with Gasteiger partial charge in [-0.2, -0.15) is 0 Å².